The van der Waals surface area contributed by atoms with Crippen LogP contribution in [0.4, 0.5) is 0 Å². The molecule has 1 aliphatic heterocycles. The third-order valence-electron chi connectivity index (χ3n) is 6.41. The van der Waals surface area contributed by atoms with Crippen molar-refractivity contribution in [2.45, 2.75) is 49.6 Å². The summed E-state index contributed by atoms with van der Waals surface area (Å²) in [5, 5.41) is 71.2. The van der Waals surface area contributed by atoms with Crippen LogP contribution in [0.1, 0.15) is 22.8 Å². The van der Waals surface area contributed by atoms with Crippen LogP contribution in [0.5, 0.6) is 5.75 Å². The summed E-state index contributed by atoms with van der Waals surface area (Å²) in [7, 11) is 0. The summed E-state index contributed by atoms with van der Waals surface area (Å²) < 4.78 is 11.3. The van der Waals surface area contributed by atoms with Crippen LogP contribution in [0.25, 0.3) is 11.1 Å². The van der Waals surface area contributed by atoms with E-state index in [0.717, 1.165) is 5.56 Å². The van der Waals surface area contributed by atoms with Crippen molar-refractivity contribution >= 4 is 5.91 Å². The van der Waals surface area contributed by atoms with Gasteiger partial charge in [-0.3, -0.25) is 4.79 Å². The zero-order chi connectivity index (χ0) is 26.7. The van der Waals surface area contributed by atoms with Crippen LogP contribution in [0.3, 0.4) is 0 Å². The van der Waals surface area contributed by atoms with Gasteiger partial charge in [-0.2, -0.15) is 0 Å². The quantitative estimate of drug-likeness (QED) is 0.202. The maximum atomic E-state index is 12.7. The number of hydrogen-bond donors (Lipinski definition) is 8. The van der Waals surface area contributed by atoms with E-state index < -0.39 is 68.1 Å². The number of aryl methyl sites for hydroxylation is 1. The van der Waals surface area contributed by atoms with Gasteiger partial charge in [0.25, 0.3) is 5.91 Å². The molecule has 11 heteroatoms. The lowest BCUT2D eigenvalue weighted by molar-refractivity contribution is -0.314. The Bertz CT molecular complexity index is 1050. The second-order valence-electron chi connectivity index (χ2n) is 9.24. The van der Waals surface area contributed by atoms with Crippen molar-refractivity contribution in [2.75, 3.05) is 26.4 Å². The molecule has 1 heterocycles. The molecule has 5 unspecified atom stereocenters. The van der Waals surface area contributed by atoms with Crippen LogP contribution < -0.4 is 10.1 Å². The predicted octanol–water partition coefficient (Wildman–Crippen LogP) is -1.32. The second kappa shape index (κ2) is 11.2. The van der Waals surface area contributed by atoms with Gasteiger partial charge in [-0.1, -0.05) is 18.2 Å². The zero-order valence-corrected chi connectivity index (χ0v) is 20.0. The first-order valence-electron chi connectivity index (χ1n) is 11.4. The summed E-state index contributed by atoms with van der Waals surface area (Å²) in [6.07, 6.45) is -5.60. The first-order chi connectivity index (χ1) is 17.0. The Balaban J connectivity index is 1.81. The topological polar surface area (TPSA) is 189 Å². The third kappa shape index (κ3) is 5.53. The fourth-order valence-electron chi connectivity index (χ4n) is 3.86. The van der Waals surface area contributed by atoms with Crippen molar-refractivity contribution in [3.05, 3.63) is 53.6 Å². The molecule has 0 spiro atoms. The minimum absolute atomic E-state index is 0.249. The van der Waals surface area contributed by atoms with Gasteiger partial charge in [0.05, 0.1) is 26.4 Å². The fourth-order valence-corrected chi connectivity index (χ4v) is 3.86. The molecule has 0 saturated carbocycles. The summed E-state index contributed by atoms with van der Waals surface area (Å²) in [4.78, 5) is 12.7. The predicted molar refractivity (Wildman–Crippen MR) is 127 cm³/mol. The number of hydrogen-bond acceptors (Lipinski definition) is 10. The molecule has 2 aromatic carbocycles. The largest absolute Gasteiger partial charge is 0.461 e. The molecule has 1 aliphatic rings. The molecule has 1 fully saturated rings. The van der Waals surface area contributed by atoms with Crippen molar-refractivity contribution in [3.8, 4) is 16.9 Å². The third-order valence-corrected chi connectivity index (χ3v) is 6.41. The second-order valence-corrected chi connectivity index (χ2v) is 9.24. The lowest BCUT2D eigenvalue weighted by atomic mass is 9.88. The van der Waals surface area contributed by atoms with E-state index in [-0.39, 0.29) is 5.56 Å². The Hall–Kier alpha value is -2.61. The van der Waals surface area contributed by atoms with Gasteiger partial charge in [-0.05, 0) is 54.8 Å². The van der Waals surface area contributed by atoms with Gasteiger partial charge in [0.15, 0.2) is 5.60 Å². The van der Waals surface area contributed by atoms with Crippen molar-refractivity contribution in [1.29, 1.82) is 0 Å². The summed E-state index contributed by atoms with van der Waals surface area (Å²) >= 11 is 0. The monoisotopic (exact) mass is 507 g/mol. The van der Waals surface area contributed by atoms with E-state index in [1.165, 1.54) is 6.92 Å². The maximum Gasteiger partial charge on any atom is 0.251 e. The number of nitrogens with one attached hydrogen (secondary N) is 1. The Morgan fingerprint density at radius 1 is 1.06 bits per heavy atom. The molecule has 11 nitrogen and oxygen atoms in total. The summed E-state index contributed by atoms with van der Waals surface area (Å²) in [6.45, 7) is 0.514. The molecule has 198 valence electrons. The Morgan fingerprint density at radius 2 is 1.69 bits per heavy atom. The van der Waals surface area contributed by atoms with Crippen molar-refractivity contribution in [3.63, 3.8) is 0 Å². The number of carbonyl (C=O) groups excluding carboxylic acids is 1. The lowest BCUT2D eigenvalue weighted by Crippen LogP contribution is -2.66. The molecular formula is C25H33NO10. The molecule has 0 radical (unpaired) electrons. The molecule has 0 aromatic heterocycles. The average Bonchev–Trinajstić information content (AvgIpc) is 2.88. The molecule has 3 rings (SSSR count). The van der Waals surface area contributed by atoms with Crippen LogP contribution >= 0.6 is 0 Å². The summed E-state index contributed by atoms with van der Waals surface area (Å²) in [5.74, 6) is -0.252. The minimum atomic E-state index is -1.95. The molecule has 0 bridgehead atoms. The van der Waals surface area contributed by atoms with Gasteiger partial charge in [0.2, 0.25) is 6.29 Å². The Labute approximate surface area is 208 Å². The highest BCUT2D eigenvalue weighted by atomic mass is 16.7. The van der Waals surface area contributed by atoms with Crippen LogP contribution in [0.15, 0.2) is 42.5 Å². The standard InChI is InChI=1S/C25H33NO10/c1-14-8-16(15-4-3-5-17(9-15)22(33)26-25(11-28,12-29)13-30)6-7-18(14)35-23-24(2,34)21(32)20(31)19(10-27)36-23/h3-9,19-21,23,27-32,34H,10-13H2,1-2H3,(H,26,33). The minimum Gasteiger partial charge on any atom is -0.461 e. The van der Waals surface area contributed by atoms with Crippen LogP contribution in [-0.2, 0) is 4.74 Å². The highest BCUT2D eigenvalue weighted by molar-refractivity contribution is 5.96. The number of aliphatic hydroxyl groups excluding tert-OH is 6. The number of ether oxygens (including phenoxy) is 2. The van der Waals surface area contributed by atoms with E-state index in [0.29, 0.717) is 16.9 Å². The molecule has 1 amide bonds. The van der Waals surface area contributed by atoms with Crippen LogP contribution in [0.2, 0.25) is 0 Å². The highest BCUT2D eigenvalue weighted by Crippen LogP contribution is 2.34. The number of benzene rings is 2. The van der Waals surface area contributed by atoms with Gasteiger partial charge >= 0.3 is 0 Å². The van der Waals surface area contributed by atoms with Crippen LogP contribution in [0, 0.1) is 6.92 Å². The number of rotatable bonds is 9. The number of carbonyl (C=O) groups is 1. The Kier molecular flexibility index (Phi) is 8.70. The molecule has 36 heavy (non-hydrogen) atoms. The fraction of sp³-hybridized carbons (Fsp3) is 0.480. The molecule has 1 saturated heterocycles. The van der Waals surface area contributed by atoms with Gasteiger partial charge in [-0.15, -0.1) is 0 Å². The average molecular weight is 508 g/mol. The molecular weight excluding hydrogens is 474 g/mol. The number of aliphatic hydroxyl groups is 7. The normalized spacial score (nSPS) is 26.5. The molecule has 8 N–H and O–H groups in total. The van der Waals surface area contributed by atoms with Gasteiger partial charge in [-0.25, -0.2) is 0 Å². The molecule has 2 aromatic rings. The SMILES string of the molecule is Cc1cc(-c2cccc(C(=O)NC(CO)(CO)CO)c2)ccc1OC1OC(CO)C(O)C(O)C1(C)O. The first kappa shape index (κ1) is 28.0. The molecule has 0 aliphatic carbocycles. The number of amides is 1. The lowest BCUT2D eigenvalue weighted by Gasteiger charge is -2.45. The maximum absolute atomic E-state index is 12.7. The molecule has 5 atom stereocenters. The van der Waals surface area contributed by atoms with E-state index in [1.807, 2.05) is 0 Å². The van der Waals surface area contributed by atoms with Crippen molar-refractivity contribution < 1.29 is 50.0 Å². The summed E-state index contributed by atoms with van der Waals surface area (Å²) in [5.41, 5.74) is -1.21. The first-order valence-corrected chi connectivity index (χ1v) is 11.4. The van der Waals surface area contributed by atoms with Crippen molar-refractivity contribution in [1.82, 2.24) is 5.32 Å². The van der Waals surface area contributed by atoms with E-state index >= 15 is 0 Å². The highest BCUT2D eigenvalue weighted by Gasteiger charge is 2.53. The van der Waals surface area contributed by atoms with E-state index in [2.05, 4.69) is 5.32 Å². The van der Waals surface area contributed by atoms with Crippen molar-refractivity contribution in [2.24, 2.45) is 0 Å². The Morgan fingerprint density at radius 3 is 2.28 bits per heavy atom. The van der Waals surface area contributed by atoms with Gasteiger partial charge in [0.1, 0.15) is 29.6 Å². The van der Waals surface area contributed by atoms with E-state index in [9.17, 15) is 40.5 Å². The van der Waals surface area contributed by atoms with E-state index in [4.69, 9.17) is 9.47 Å². The van der Waals surface area contributed by atoms with Gasteiger partial charge < -0.3 is 50.5 Å². The van der Waals surface area contributed by atoms with Crippen LogP contribution in [-0.4, -0.2) is 104 Å². The van der Waals surface area contributed by atoms with E-state index in [1.54, 1.807) is 49.4 Å². The smallest absolute Gasteiger partial charge is 0.251 e. The van der Waals surface area contributed by atoms with Gasteiger partial charge in [0, 0.05) is 5.56 Å². The summed E-state index contributed by atoms with van der Waals surface area (Å²) in [6, 6.07) is 11.7. The zero-order valence-electron chi connectivity index (χ0n) is 20.0.